The summed E-state index contributed by atoms with van der Waals surface area (Å²) in [4.78, 5) is 59.3. The molecular weight excluding hydrogens is 1860 g/mol. The first kappa shape index (κ1) is 102. The van der Waals surface area contributed by atoms with E-state index in [1.165, 1.54) is 64.2 Å². The number of methoxy groups -OCH3 is 5. The Kier molecular flexibility index (Phi) is 32.0. The number of anilines is 5. The number of nitrogens with zero attached hydrogens (tertiary/aromatic N) is 10. The Bertz CT molecular complexity index is 7480. The molecule has 6 aliphatic rings. The fraction of sp³-hybridized carbons (Fsp3) is 0.328. The summed E-state index contributed by atoms with van der Waals surface area (Å²) in [6.45, 7) is 16.3. The molecule has 29 heteroatoms. The molecule has 148 heavy (non-hydrogen) atoms. The van der Waals surface area contributed by atoms with Gasteiger partial charge in [-0.25, -0.2) is 19.2 Å². The lowest BCUT2D eigenvalue weighted by Crippen LogP contribution is -2.34. The average molecular weight is 1980 g/mol. The highest BCUT2D eigenvalue weighted by Gasteiger charge is 2.35. The number of amides is 6. The van der Waals surface area contributed by atoms with Crippen LogP contribution in [0.1, 0.15) is 153 Å². The van der Waals surface area contributed by atoms with Gasteiger partial charge in [-0.1, -0.05) is 67.6 Å². The van der Waals surface area contributed by atoms with Gasteiger partial charge < -0.3 is 76.7 Å². The van der Waals surface area contributed by atoms with Gasteiger partial charge in [0.25, 0.3) is 0 Å². The molecule has 0 atom stereocenters. The van der Waals surface area contributed by atoms with Crippen molar-refractivity contribution >= 4 is 113 Å². The molecule has 0 aliphatic heterocycles. The van der Waals surface area contributed by atoms with Crippen LogP contribution in [-0.2, 0) is 51.7 Å². The summed E-state index contributed by atoms with van der Waals surface area (Å²) in [6, 6.07) is 79.3. The first-order valence-electron chi connectivity index (χ1n) is 50.7. The minimum Gasteiger partial charge on any atom is -0.497 e. The van der Waals surface area contributed by atoms with E-state index in [0.717, 1.165) is 197 Å². The fourth-order valence-electron chi connectivity index (χ4n) is 18.7. The van der Waals surface area contributed by atoms with Crippen LogP contribution in [0.4, 0.5) is 47.6 Å². The van der Waals surface area contributed by atoms with E-state index in [4.69, 9.17) is 37.9 Å². The number of rotatable bonds is 31. The van der Waals surface area contributed by atoms with Crippen LogP contribution in [-0.4, -0.2) is 114 Å². The van der Waals surface area contributed by atoms with Crippen LogP contribution < -0.4 is 55.6 Å². The number of fused-ring (bicyclic) bond motifs is 5. The Morgan fingerprint density at radius 3 is 0.777 bits per heavy atom. The van der Waals surface area contributed by atoms with Crippen molar-refractivity contribution in [1.29, 1.82) is 26.3 Å². The topological polar surface area (TPSA) is 375 Å². The first-order valence-corrected chi connectivity index (χ1v) is 50.7. The van der Waals surface area contributed by atoms with E-state index >= 15 is 0 Å². The molecule has 6 aliphatic carbocycles. The van der Waals surface area contributed by atoms with Crippen LogP contribution in [0, 0.1) is 92.2 Å². The molecule has 21 rings (SSSR count). The molecule has 756 valence electrons. The molecule has 0 spiro atoms. The Hall–Kier alpha value is -17.1. The van der Waals surface area contributed by atoms with Gasteiger partial charge in [-0.3, -0.25) is 20.7 Å². The third-order valence-corrected chi connectivity index (χ3v) is 27.1. The lowest BCUT2D eigenvalue weighted by Gasteiger charge is -2.13. The Morgan fingerprint density at radius 2 is 0.561 bits per heavy atom. The van der Waals surface area contributed by atoms with E-state index in [0.29, 0.717) is 93.4 Å². The summed E-state index contributed by atoms with van der Waals surface area (Å²) in [5, 5.41) is 71.2. The lowest BCUT2D eigenvalue weighted by molar-refractivity contribution is -0.117. The molecule has 6 saturated carbocycles. The van der Waals surface area contributed by atoms with Gasteiger partial charge in [-0.05, 0) is 297 Å². The highest BCUT2D eigenvalue weighted by atomic mass is 16.6. The predicted molar refractivity (Wildman–Crippen MR) is 577 cm³/mol. The van der Waals surface area contributed by atoms with E-state index in [9.17, 15) is 50.3 Å². The van der Waals surface area contributed by atoms with Gasteiger partial charge in [0.2, 0.25) is 5.91 Å². The summed E-state index contributed by atoms with van der Waals surface area (Å²) in [6.07, 6.45) is 13.3. The minimum absolute atomic E-state index is 0.0672. The minimum atomic E-state index is -0.481. The van der Waals surface area contributed by atoms with Crippen LogP contribution in [0.25, 0.3) is 111 Å². The smallest absolute Gasteiger partial charge is 0.411 e. The molecule has 0 unspecified atom stereocenters. The van der Waals surface area contributed by atoms with Crippen LogP contribution in [0.15, 0.2) is 212 Å². The lowest BCUT2D eigenvalue weighted by atomic mass is 10.1. The maximum atomic E-state index is 12.0. The Morgan fingerprint density at radius 1 is 0.318 bits per heavy atom. The second kappa shape index (κ2) is 46.3. The molecule has 29 nitrogen and oxygen atoms in total. The molecular formula is C119H122N16O13. The number of hydrogen-bond donors (Lipinski definition) is 6. The molecule has 6 N–H and O–H groups in total. The molecule has 6 fully saturated rings. The van der Waals surface area contributed by atoms with Crippen molar-refractivity contribution in [2.24, 2.45) is 35.5 Å². The van der Waals surface area contributed by atoms with Gasteiger partial charge in [0.15, 0.2) is 0 Å². The van der Waals surface area contributed by atoms with Crippen LogP contribution in [0.3, 0.4) is 0 Å². The number of nitriles is 5. The zero-order valence-corrected chi connectivity index (χ0v) is 85.2. The standard InChI is InChI=1S/C24H26N4O2.2C24H25N3O3.C24H23N3O2.C23H23N3O3/c1-15(2)26-24(29)27-18-8-6-17(7-9-18)23-21(13-25)20-11-10-19(30-3)12-22(20)28(23)14-16-4-5-16;1-15(2)30-24(28)26-18-8-6-17(7-9-18)23-21(13-25)20-11-10-19(29-3)12-22(20)27(23)14-16-4-5-16;1-3-12-30-24(28)26-18-8-6-17(7-9-18)23-21(14-25)20-11-10-19(29-2)13-22(20)27(23)15-16-4-5-16;1-29-19-10-11-20-21(13-25)23(27(22(20)12-19)14-15-2-3-15)16-6-8-18(9-7-16)26-24(28)17-4-5-17;1-3-29-23(27)25-17-8-6-16(7-9-17)22-20(13-24)19-11-10-18(28-2)12-21(19)26(22)14-15-4-5-15/h6-12,15-16H,4-5,14H2,1-3H3,(H2,26,27,29);6-12,15-16H,4-5,14H2,1-3H3,(H,26,28);6-11,13,16H,3-5,12,15H2,1-2H3,(H,26,28);6-12,15,17H,2-5,14H2,1H3,(H,26,28);6-12,15H,3-5,14H2,1-2H3,(H,25,27). The van der Waals surface area contributed by atoms with Crippen molar-refractivity contribution in [3.63, 3.8) is 0 Å². The van der Waals surface area contributed by atoms with E-state index < -0.39 is 18.3 Å². The van der Waals surface area contributed by atoms with Gasteiger partial charge in [0.1, 0.15) is 59.1 Å². The van der Waals surface area contributed by atoms with Crippen molar-refractivity contribution < 1.29 is 61.9 Å². The molecule has 5 heterocycles. The predicted octanol–water partition coefficient (Wildman–Crippen LogP) is 26.4. The zero-order chi connectivity index (χ0) is 104. The number of hydrogen-bond acceptors (Lipinski definition) is 18. The van der Waals surface area contributed by atoms with E-state index in [1.807, 2.05) is 233 Å². The third kappa shape index (κ3) is 24.2. The van der Waals surface area contributed by atoms with Crippen molar-refractivity contribution in [3.8, 4) is 115 Å². The molecule has 10 aromatic carbocycles. The summed E-state index contributed by atoms with van der Waals surface area (Å²) in [5.41, 5.74) is 21.3. The van der Waals surface area contributed by atoms with Crippen LogP contribution in [0.2, 0.25) is 0 Å². The van der Waals surface area contributed by atoms with Crippen molar-refractivity contribution in [2.45, 2.75) is 170 Å². The number of carbonyl (C=O) groups excluding carboxylic acids is 5. The SMILES string of the molecule is CCCOC(=O)Nc1ccc(-c2c(C#N)c3ccc(OC)cc3n2CC2CC2)cc1.CCOC(=O)Nc1ccc(-c2c(C#N)c3ccc(OC)cc3n2CC2CC2)cc1.COc1ccc2c(C#N)c(-c3ccc(NC(=O)C4CC4)cc3)n(CC3CC3)c2c1.COc1ccc2c(C#N)c(-c3ccc(NC(=O)NC(C)C)cc3)n(CC3CC3)c2c1.COc1ccc2c(C#N)c(-c3ccc(NC(=O)OC(C)C)cc3)n(CC3CC3)c2c1. The molecule has 0 bridgehead atoms. The fourth-order valence-corrected chi connectivity index (χ4v) is 18.7. The van der Waals surface area contributed by atoms with E-state index in [-0.39, 0.29) is 30.0 Å². The van der Waals surface area contributed by atoms with Gasteiger partial charge in [0, 0.05) is 130 Å². The molecule has 0 saturated heterocycles. The second-order valence-electron chi connectivity index (χ2n) is 39.0. The van der Waals surface area contributed by atoms with E-state index in [2.05, 4.69) is 85.1 Å². The number of benzene rings is 10. The Balaban J connectivity index is 0.000000126. The normalized spacial score (nSPS) is 13.7. The number of aromatic nitrogens is 5. The van der Waals surface area contributed by atoms with Gasteiger partial charge >= 0.3 is 24.3 Å². The van der Waals surface area contributed by atoms with Gasteiger partial charge in [0.05, 0.1) is 139 Å². The largest absolute Gasteiger partial charge is 0.497 e. The van der Waals surface area contributed by atoms with Crippen molar-refractivity contribution in [1.82, 2.24) is 28.2 Å². The van der Waals surface area contributed by atoms with Gasteiger partial charge in [-0.2, -0.15) is 26.3 Å². The van der Waals surface area contributed by atoms with Crippen LogP contribution >= 0.6 is 0 Å². The quantitative estimate of drug-likeness (QED) is 0.0220. The maximum absolute atomic E-state index is 12.0. The second-order valence-corrected chi connectivity index (χ2v) is 39.0. The number of nitrogens with one attached hydrogen (secondary N) is 6. The number of ether oxygens (including phenoxy) is 8. The molecule has 0 radical (unpaired) electrons. The van der Waals surface area contributed by atoms with Crippen molar-refractivity contribution in [2.75, 3.05) is 75.3 Å². The third-order valence-electron chi connectivity index (χ3n) is 27.1. The summed E-state index contributed by atoms with van der Waals surface area (Å²) >= 11 is 0. The summed E-state index contributed by atoms with van der Waals surface area (Å²) in [7, 11) is 8.27. The number of carbonyl (C=O) groups is 5. The number of urea groups is 1. The van der Waals surface area contributed by atoms with Crippen LogP contribution in [0.5, 0.6) is 28.7 Å². The highest BCUT2D eigenvalue weighted by molar-refractivity contribution is 6.02. The molecule has 5 aromatic heterocycles. The first-order chi connectivity index (χ1) is 71.9. The van der Waals surface area contributed by atoms with Gasteiger partial charge in [-0.15, -0.1) is 0 Å². The maximum Gasteiger partial charge on any atom is 0.411 e. The summed E-state index contributed by atoms with van der Waals surface area (Å²) in [5.74, 6) is 7.43. The molecule has 15 aromatic rings. The average Bonchev–Trinajstić information content (AvgIpc) is 1.62. The highest BCUT2D eigenvalue weighted by Crippen LogP contribution is 2.48. The van der Waals surface area contributed by atoms with Crippen molar-refractivity contribution in [3.05, 3.63) is 240 Å². The Labute approximate surface area is 860 Å². The van der Waals surface area contributed by atoms with E-state index in [1.54, 1.807) is 56.3 Å². The zero-order valence-electron chi connectivity index (χ0n) is 85.2. The monoisotopic (exact) mass is 1980 g/mol. The summed E-state index contributed by atoms with van der Waals surface area (Å²) < 4.78 is 53.5. The molecule has 6 amide bonds.